The SMILES string of the molecule is O=C(CCCOCc1ccccc1)NC1CNC1O. The zero-order chi connectivity index (χ0) is 13.5. The van der Waals surface area contributed by atoms with Gasteiger partial charge in [-0.05, 0) is 12.0 Å². The summed E-state index contributed by atoms with van der Waals surface area (Å²) >= 11 is 0. The van der Waals surface area contributed by atoms with E-state index >= 15 is 0 Å². The summed E-state index contributed by atoms with van der Waals surface area (Å²) in [7, 11) is 0. The quantitative estimate of drug-likeness (QED) is 0.623. The second-order valence-corrected chi connectivity index (χ2v) is 4.67. The molecule has 104 valence electrons. The molecule has 1 amide bonds. The third-order valence-corrected chi connectivity index (χ3v) is 3.08. The van der Waals surface area contributed by atoms with E-state index in [-0.39, 0.29) is 11.9 Å². The number of amides is 1. The molecular weight excluding hydrogens is 244 g/mol. The van der Waals surface area contributed by atoms with Crippen molar-refractivity contribution in [2.45, 2.75) is 31.7 Å². The molecule has 5 heteroatoms. The highest BCUT2D eigenvalue weighted by Gasteiger charge is 2.28. The van der Waals surface area contributed by atoms with Crippen LogP contribution in [0.15, 0.2) is 30.3 Å². The highest BCUT2D eigenvalue weighted by atomic mass is 16.5. The number of hydrogen-bond donors (Lipinski definition) is 3. The number of carbonyl (C=O) groups is 1. The molecule has 0 aromatic heterocycles. The first-order valence-corrected chi connectivity index (χ1v) is 6.58. The van der Waals surface area contributed by atoms with E-state index in [0.29, 0.717) is 32.6 Å². The molecule has 1 aromatic rings. The Labute approximate surface area is 113 Å². The van der Waals surface area contributed by atoms with Crippen LogP contribution in [0.3, 0.4) is 0 Å². The Bertz CT molecular complexity index is 397. The predicted molar refractivity (Wildman–Crippen MR) is 71.3 cm³/mol. The molecule has 19 heavy (non-hydrogen) atoms. The van der Waals surface area contributed by atoms with Gasteiger partial charge in [-0.2, -0.15) is 0 Å². The number of aliphatic hydroxyl groups excluding tert-OH is 1. The Morgan fingerprint density at radius 2 is 2.21 bits per heavy atom. The lowest BCUT2D eigenvalue weighted by molar-refractivity contribution is -0.124. The molecule has 3 N–H and O–H groups in total. The zero-order valence-corrected chi connectivity index (χ0v) is 10.8. The van der Waals surface area contributed by atoms with Gasteiger partial charge < -0.3 is 15.2 Å². The molecule has 0 radical (unpaired) electrons. The summed E-state index contributed by atoms with van der Waals surface area (Å²) in [6.45, 7) is 1.78. The smallest absolute Gasteiger partial charge is 0.220 e. The lowest BCUT2D eigenvalue weighted by Crippen LogP contribution is -2.64. The van der Waals surface area contributed by atoms with Crippen molar-refractivity contribution in [2.75, 3.05) is 13.2 Å². The summed E-state index contributed by atoms with van der Waals surface area (Å²) in [6.07, 6.45) is 0.519. The highest BCUT2D eigenvalue weighted by Crippen LogP contribution is 2.03. The van der Waals surface area contributed by atoms with Gasteiger partial charge in [-0.3, -0.25) is 10.1 Å². The van der Waals surface area contributed by atoms with Gasteiger partial charge in [0.15, 0.2) is 0 Å². The molecular formula is C14H20N2O3. The molecule has 0 aliphatic carbocycles. The van der Waals surface area contributed by atoms with Crippen LogP contribution < -0.4 is 10.6 Å². The van der Waals surface area contributed by atoms with Gasteiger partial charge in [0.2, 0.25) is 5.91 Å². The normalized spacial score (nSPS) is 21.7. The second kappa shape index (κ2) is 7.23. The van der Waals surface area contributed by atoms with Crippen LogP contribution in [0.5, 0.6) is 0 Å². The first kappa shape index (κ1) is 14.0. The summed E-state index contributed by atoms with van der Waals surface area (Å²) < 4.78 is 5.49. The molecule has 2 rings (SSSR count). The van der Waals surface area contributed by atoms with Crippen LogP contribution in [0, 0.1) is 0 Å². The predicted octanol–water partition coefficient (Wildman–Crippen LogP) is 0.390. The minimum Gasteiger partial charge on any atom is -0.377 e. The van der Waals surface area contributed by atoms with Crippen LogP contribution in [-0.4, -0.2) is 36.4 Å². The van der Waals surface area contributed by atoms with E-state index < -0.39 is 6.23 Å². The van der Waals surface area contributed by atoms with Crippen molar-refractivity contribution in [1.29, 1.82) is 0 Å². The molecule has 1 aromatic carbocycles. The van der Waals surface area contributed by atoms with Gasteiger partial charge >= 0.3 is 0 Å². The summed E-state index contributed by atoms with van der Waals surface area (Å²) in [5.74, 6) is -0.0335. The summed E-state index contributed by atoms with van der Waals surface area (Å²) in [5.41, 5.74) is 1.13. The Kier molecular flexibility index (Phi) is 5.32. The van der Waals surface area contributed by atoms with Crippen LogP contribution >= 0.6 is 0 Å². The maximum Gasteiger partial charge on any atom is 0.220 e. The fourth-order valence-corrected chi connectivity index (χ4v) is 1.85. The monoisotopic (exact) mass is 264 g/mol. The Morgan fingerprint density at radius 1 is 1.42 bits per heavy atom. The third kappa shape index (κ3) is 4.63. The van der Waals surface area contributed by atoms with Crippen molar-refractivity contribution in [3.8, 4) is 0 Å². The van der Waals surface area contributed by atoms with Crippen LogP contribution in [0.25, 0.3) is 0 Å². The third-order valence-electron chi connectivity index (χ3n) is 3.08. The number of carbonyl (C=O) groups excluding carboxylic acids is 1. The molecule has 1 fully saturated rings. The Balaban J connectivity index is 1.51. The lowest BCUT2D eigenvalue weighted by Gasteiger charge is -2.34. The van der Waals surface area contributed by atoms with Crippen LogP contribution in [0.4, 0.5) is 0 Å². The first-order valence-electron chi connectivity index (χ1n) is 6.58. The van der Waals surface area contributed by atoms with Gasteiger partial charge in [0.1, 0.15) is 6.23 Å². The topological polar surface area (TPSA) is 70.6 Å². The average Bonchev–Trinajstić information content (AvgIpc) is 2.44. The van der Waals surface area contributed by atoms with Gasteiger partial charge in [0.25, 0.3) is 0 Å². The maximum absolute atomic E-state index is 11.5. The number of hydrogen-bond acceptors (Lipinski definition) is 4. The molecule has 0 saturated carbocycles. The second-order valence-electron chi connectivity index (χ2n) is 4.67. The molecule has 2 atom stereocenters. The van der Waals surface area contributed by atoms with E-state index in [0.717, 1.165) is 5.56 Å². The molecule has 2 unspecified atom stereocenters. The largest absolute Gasteiger partial charge is 0.377 e. The minimum absolute atomic E-state index is 0.0335. The highest BCUT2D eigenvalue weighted by molar-refractivity contribution is 5.76. The van der Waals surface area contributed by atoms with Crippen molar-refractivity contribution in [2.24, 2.45) is 0 Å². The zero-order valence-electron chi connectivity index (χ0n) is 10.8. The molecule has 1 aliphatic rings. The molecule has 1 aliphatic heterocycles. The van der Waals surface area contributed by atoms with Crippen molar-refractivity contribution in [3.63, 3.8) is 0 Å². The van der Waals surface area contributed by atoms with E-state index in [1.54, 1.807) is 0 Å². The summed E-state index contributed by atoms with van der Waals surface area (Å²) in [5, 5.41) is 14.8. The number of rotatable bonds is 7. The molecule has 1 heterocycles. The summed E-state index contributed by atoms with van der Waals surface area (Å²) in [6, 6.07) is 9.80. The molecule has 0 spiro atoms. The van der Waals surface area contributed by atoms with E-state index in [9.17, 15) is 9.90 Å². The maximum atomic E-state index is 11.5. The van der Waals surface area contributed by atoms with Crippen LogP contribution in [0.2, 0.25) is 0 Å². The van der Waals surface area contributed by atoms with E-state index in [4.69, 9.17) is 4.74 Å². The minimum atomic E-state index is -0.599. The van der Waals surface area contributed by atoms with Crippen molar-refractivity contribution < 1.29 is 14.6 Å². The van der Waals surface area contributed by atoms with Gasteiger partial charge in [-0.25, -0.2) is 0 Å². The van der Waals surface area contributed by atoms with Gasteiger partial charge in [-0.1, -0.05) is 30.3 Å². The Hall–Kier alpha value is -1.43. The van der Waals surface area contributed by atoms with Crippen LogP contribution in [-0.2, 0) is 16.1 Å². The number of benzene rings is 1. The average molecular weight is 264 g/mol. The first-order chi connectivity index (χ1) is 9.25. The van der Waals surface area contributed by atoms with Crippen molar-refractivity contribution in [3.05, 3.63) is 35.9 Å². The number of nitrogens with one attached hydrogen (secondary N) is 2. The fourth-order valence-electron chi connectivity index (χ4n) is 1.85. The van der Waals surface area contributed by atoms with Gasteiger partial charge in [0, 0.05) is 19.6 Å². The van der Waals surface area contributed by atoms with Gasteiger partial charge in [-0.15, -0.1) is 0 Å². The van der Waals surface area contributed by atoms with E-state index in [1.165, 1.54) is 0 Å². The molecule has 0 bridgehead atoms. The Morgan fingerprint density at radius 3 is 2.84 bits per heavy atom. The van der Waals surface area contributed by atoms with E-state index in [1.807, 2.05) is 30.3 Å². The van der Waals surface area contributed by atoms with E-state index in [2.05, 4.69) is 10.6 Å². The lowest BCUT2D eigenvalue weighted by atomic mass is 10.1. The van der Waals surface area contributed by atoms with Gasteiger partial charge in [0.05, 0.1) is 12.6 Å². The van der Waals surface area contributed by atoms with Crippen molar-refractivity contribution in [1.82, 2.24) is 10.6 Å². The molecule has 5 nitrogen and oxygen atoms in total. The van der Waals surface area contributed by atoms with Crippen LogP contribution in [0.1, 0.15) is 18.4 Å². The van der Waals surface area contributed by atoms with Crippen molar-refractivity contribution >= 4 is 5.91 Å². The number of ether oxygens (including phenoxy) is 1. The number of aliphatic hydroxyl groups is 1. The standard InChI is InChI=1S/C14H20N2O3/c17-13(16-12-9-15-14(12)18)7-4-8-19-10-11-5-2-1-3-6-11/h1-3,5-6,12,14-15,18H,4,7-10H2,(H,16,17). The molecule has 1 saturated heterocycles. The fraction of sp³-hybridized carbons (Fsp3) is 0.500. The summed E-state index contributed by atoms with van der Waals surface area (Å²) in [4.78, 5) is 11.5.